The minimum atomic E-state index is -0.690. The Bertz CT molecular complexity index is 1220. The van der Waals surface area contributed by atoms with Crippen LogP contribution in [0.5, 0.6) is 0 Å². The van der Waals surface area contributed by atoms with E-state index >= 15 is 0 Å². The van der Waals surface area contributed by atoms with Gasteiger partial charge in [-0.3, -0.25) is 29.6 Å². The van der Waals surface area contributed by atoms with Gasteiger partial charge in [-0.2, -0.15) is 0 Å². The molecule has 2 aromatic rings. The number of aryl methyl sites for hydroxylation is 1. The average Bonchev–Trinajstić information content (AvgIpc) is 3.13. The molecule has 0 fully saturated rings. The van der Waals surface area contributed by atoms with Crippen molar-refractivity contribution in [2.75, 3.05) is 37.7 Å². The Morgan fingerprint density at radius 1 is 1.00 bits per heavy atom. The van der Waals surface area contributed by atoms with Gasteiger partial charge in [0, 0.05) is 18.4 Å². The maximum atomic E-state index is 13.6. The molecule has 11 heteroatoms. The molecule has 0 aromatic heterocycles. The Labute approximate surface area is 253 Å². The van der Waals surface area contributed by atoms with E-state index in [9.17, 15) is 19.2 Å². The predicted molar refractivity (Wildman–Crippen MR) is 163 cm³/mol. The number of anilines is 1. The number of aliphatic imine (C=N–C) groups is 1. The Kier molecular flexibility index (Phi) is 14.2. The first-order valence-corrected chi connectivity index (χ1v) is 14.8. The number of para-hydroxylation sites is 1. The van der Waals surface area contributed by atoms with Gasteiger partial charge in [0.2, 0.25) is 5.91 Å². The zero-order valence-electron chi connectivity index (χ0n) is 25.0. The monoisotopic (exact) mass is 594 g/mol. The van der Waals surface area contributed by atoms with Crippen LogP contribution in [0.25, 0.3) is 0 Å². The topological polar surface area (TPSA) is 136 Å². The maximum Gasteiger partial charge on any atom is 0.407 e. The van der Waals surface area contributed by atoms with Crippen molar-refractivity contribution in [3.63, 3.8) is 0 Å². The number of hydrogen-bond acceptors (Lipinski definition) is 9. The molecule has 3 rings (SSSR count). The van der Waals surface area contributed by atoms with Gasteiger partial charge in [0.15, 0.2) is 0 Å². The van der Waals surface area contributed by atoms with Gasteiger partial charge in [-0.05, 0) is 63.1 Å². The zero-order valence-corrected chi connectivity index (χ0v) is 25.0. The Balaban J connectivity index is 1.48. The Morgan fingerprint density at radius 2 is 1.74 bits per heavy atom. The largest absolute Gasteiger partial charge is 0.465 e. The third-order valence-corrected chi connectivity index (χ3v) is 6.82. The average molecular weight is 595 g/mol. The van der Waals surface area contributed by atoms with Gasteiger partial charge in [-0.1, -0.05) is 48.5 Å². The fourth-order valence-corrected chi connectivity index (χ4v) is 4.73. The molecule has 0 saturated heterocycles. The van der Waals surface area contributed by atoms with Crippen molar-refractivity contribution >= 4 is 35.8 Å². The lowest BCUT2D eigenvalue weighted by Gasteiger charge is -2.27. The number of alkyl carbamates (subject to hydrolysis) is 1. The van der Waals surface area contributed by atoms with Crippen LogP contribution in [0.1, 0.15) is 50.7 Å². The van der Waals surface area contributed by atoms with Crippen molar-refractivity contribution in [3.05, 3.63) is 65.7 Å². The number of fused-ring (bicyclic) bond motifs is 1. The summed E-state index contributed by atoms with van der Waals surface area (Å²) in [5.41, 5.74) is 2.53. The summed E-state index contributed by atoms with van der Waals surface area (Å²) in [6.45, 7) is 4.65. The lowest BCUT2D eigenvalue weighted by Crippen LogP contribution is -2.53. The molecule has 1 heterocycles. The molecule has 2 N–H and O–H groups in total. The van der Waals surface area contributed by atoms with E-state index < -0.39 is 30.1 Å². The predicted octanol–water partition coefficient (Wildman–Crippen LogP) is 3.59. The van der Waals surface area contributed by atoms with E-state index in [1.165, 1.54) is 4.90 Å². The van der Waals surface area contributed by atoms with E-state index in [1.807, 2.05) is 54.6 Å². The van der Waals surface area contributed by atoms with E-state index in [1.54, 1.807) is 20.1 Å². The molecule has 0 aliphatic carbocycles. The first kappa shape index (κ1) is 33.3. The molecule has 43 heavy (non-hydrogen) atoms. The molecule has 2 amide bonds. The second-order valence-electron chi connectivity index (χ2n) is 9.95. The van der Waals surface area contributed by atoms with Gasteiger partial charge in [-0.25, -0.2) is 4.79 Å². The highest BCUT2D eigenvalue weighted by Gasteiger charge is 2.34. The van der Waals surface area contributed by atoms with Crippen LogP contribution in [-0.4, -0.2) is 75.1 Å². The molecule has 0 saturated carbocycles. The molecule has 1 aliphatic rings. The van der Waals surface area contributed by atoms with Crippen LogP contribution in [0.15, 0.2) is 59.6 Å². The normalized spacial score (nSPS) is 15.3. The van der Waals surface area contributed by atoms with Crippen molar-refractivity contribution in [2.24, 2.45) is 4.99 Å². The minimum Gasteiger partial charge on any atom is -0.465 e. The summed E-state index contributed by atoms with van der Waals surface area (Å²) in [6, 6.07) is 15.5. The summed E-state index contributed by atoms with van der Waals surface area (Å²) in [6.07, 6.45) is 3.99. The number of unbranched alkanes of at least 4 members (excludes halogenated alkanes) is 1. The number of esters is 2. The lowest BCUT2D eigenvalue weighted by molar-refractivity contribution is -0.146. The number of carbonyl (C=O) groups is 4. The summed E-state index contributed by atoms with van der Waals surface area (Å²) in [7, 11) is 0. The van der Waals surface area contributed by atoms with Gasteiger partial charge in [0.1, 0.15) is 19.2 Å². The molecular formula is C32H42N4O7. The van der Waals surface area contributed by atoms with Crippen molar-refractivity contribution in [1.29, 1.82) is 0 Å². The van der Waals surface area contributed by atoms with Crippen molar-refractivity contribution < 1.29 is 33.4 Å². The Morgan fingerprint density at radius 3 is 2.51 bits per heavy atom. The van der Waals surface area contributed by atoms with Gasteiger partial charge >= 0.3 is 18.0 Å². The molecule has 232 valence electrons. The van der Waals surface area contributed by atoms with E-state index in [-0.39, 0.29) is 38.8 Å². The summed E-state index contributed by atoms with van der Waals surface area (Å²) >= 11 is 0. The number of carbonyl (C=O) groups excluding carboxylic acids is 4. The molecule has 0 radical (unpaired) electrons. The summed E-state index contributed by atoms with van der Waals surface area (Å²) in [4.78, 5) is 56.4. The molecule has 0 bridgehead atoms. The molecule has 2 aromatic carbocycles. The summed E-state index contributed by atoms with van der Waals surface area (Å²) in [5.74, 6) is -1.20. The maximum absolute atomic E-state index is 13.6. The van der Waals surface area contributed by atoms with Crippen LogP contribution in [0, 0.1) is 0 Å². The number of rotatable bonds is 16. The van der Waals surface area contributed by atoms with E-state index in [0.29, 0.717) is 44.3 Å². The first-order chi connectivity index (χ1) is 20.9. The molecule has 2 atom stereocenters. The molecular weight excluding hydrogens is 552 g/mol. The van der Waals surface area contributed by atoms with E-state index in [4.69, 9.17) is 14.2 Å². The second-order valence-corrected chi connectivity index (χ2v) is 9.95. The van der Waals surface area contributed by atoms with Gasteiger partial charge < -0.3 is 19.5 Å². The number of nitrogens with zero attached hydrogens (tertiary/aromatic N) is 2. The number of benzene rings is 2. The number of ether oxygens (including phenoxy) is 3. The SMILES string of the molecule is CCOC(=O)CN1C(=O)[C@@H](N[C@@H](CCCCN=CCNC(=O)OCc2ccccc2)C(=O)OCC)CCc2ccccc21. The van der Waals surface area contributed by atoms with E-state index in [0.717, 1.165) is 11.1 Å². The van der Waals surface area contributed by atoms with Crippen LogP contribution in [-0.2, 0) is 41.6 Å². The smallest absolute Gasteiger partial charge is 0.407 e. The third-order valence-electron chi connectivity index (χ3n) is 6.82. The number of hydrogen-bond donors (Lipinski definition) is 2. The molecule has 0 unspecified atom stereocenters. The lowest BCUT2D eigenvalue weighted by atomic mass is 10.0. The first-order valence-electron chi connectivity index (χ1n) is 14.8. The standard InChI is InChI=1S/C32H42N4O7/c1-3-41-29(37)22-36-28-16-9-8-14-25(28)17-18-26(30(36)38)35-27(31(39)42-4-2)15-10-11-19-33-20-21-34-32(40)43-23-24-12-6-5-7-13-24/h5-9,12-14,16,20,26-27,35H,3-4,10-11,15,17-19,21-23H2,1-2H3,(H,34,40)/t26-,27-/m0/s1. The highest BCUT2D eigenvalue weighted by atomic mass is 16.5. The van der Waals surface area contributed by atoms with Gasteiger partial charge in [0.05, 0.1) is 25.8 Å². The fourth-order valence-electron chi connectivity index (χ4n) is 4.73. The quantitative estimate of drug-likeness (QED) is 0.130. The zero-order chi connectivity index (χ0) is 30.9. The second kappa shape index (κ2) is 18.3. The van der Waals surface area contributed by atoms with Crippen LogP contribution in [0.4, 0.5) is 10.5 Å². The Hall–Kier alpha value is -4.25. The van der Waals surface area contributed by atoms with Crippen LogP contribution < -0.4 is 15.5 Å². The van der Waals surface area contributed by atoms with Crippen LogP contribution in [0.3, 0.4) is 0 Å². The summed E-state index contributed by atoms with van der Waals surface area (Å²) < 4.78 is 15.6. The third kappa shape index (κ3) is 11.2. The van der Waals surface area contributed by atoms with Gasteiger partial charge in [0.25, 0.3) is 0 Å². The van der Waals surface area contributed by atoms with Gasteiger partial charge in [-0.15, -0.1) is 0 Å². The van der Waals surface area contributed by atoms with Crippen molar-refractivity contribution in [3.8, 4) is 0 Å². The molecule has 1 aliphatic heterocycles. The fraction of sp³-hybridized carbons (Fsp3) is 0.469. The molecule has 0 spiro atoms. The summed E-state index contributed by atoms with van der Waals surface area (Å²) in [5, 5.41) is 5.86. The number of nitrogens with one attached hydrogen (secondary N) is 2. The minimum absolute atomic E-state index is 0.197. The van der Waals surface area contributed by atoms with E-state index in [2.05, 4.69) is 15.6 Å². The highest BCUT2D eigenvalue weighted by molar-refractivity contribution is 6.02. The highest BCUT2D eigenvalue weighted by Crippen LogP contribution is 2.27. The van der Waals surface area contributed by atoms with Crippen molar-refractivity contribution in [2.45, 2.75) is 64.6 Å². The van der Waals surface area contributed by atoms with Crippen LogP contribution >= 0.6 is 0 Å². The molecule has 11 nitrogen and oxygen atoms in total. The van der Waals surface area contributed by atoms with Crippen LogP contribution in [0.2, 0.25) is 0 Å². The number of amides is 2. The van der Waals surface area contributed by atoms with Crippen molar-refractivity contribution in [1.82, 2.24) is 10.6 Å².